The van der Waals surface area contributed by atoms with Gasteiger partial charge in [-0.2, -0.15) is 0 Å². The molecule has 1 aromatic heterocycles. The fraction of sp³-hybridized carbons (Fsp3) is 0.400. The fourth-order valence-electron chi connectivity index (χ4n) is 3.34. The molecule has 2 aromatic rings. The van der Waals surface area contributed by atoms with Gasteiger partial charge in [0.25, 0.3) is 0 Å². The monoisotopic (exact) mass is 437 g/mol. The first-order chi connectivity index (χ1) is 14.9. The maximum Gasteiger partial charge on any atom is 0.420 e. The minimum absolute atomic E-state index is 0.198. The highest BCUT2D eigenvalue weighted by molar-refractivity contribution is 6.04. The van der Waals surface area contributed by atoms with E-state index in [2.05, 4.69) is 4.98 Å². The molecule has 0 fully saturated rings. The molecule has 3 rings (SSSR count). The van der Waals surface area contributed by atoms with Crippen LogP contribution in [0, 0.1) is 0 Å². The van der Waals surface area contributed by atoms with Crippen molar-refractivity contribution >= 4 is 35.5 Å². The Labute approximate surface area is 189 Å². The van der Waals surface area contributed by atoms with Gasteiger partial charge in [-0.15, -0.1) is 0 Å². The molecule has 1 aliphatic heterocycles. The molecule has 0 radical (unpaired) electrons. The SMILES string of the molecule is C/C=C/c1ccc2c(c1)N(C(=O)OC(C)(C)C)Cc1cccnc1N2C(=O)OC(C)(C)C. The van der Waals surface area contributed by atoms with Crippen LogP contribution in [0.25, 0.3) is 6.08 Å². The summed E-state index contributed by atoms with van der Waals surface area (Å²) in [5.41, 5.74) is 1.26. The van der Waals surface area contributed by atoms with Crippen molar-refractivity contribution in [2.45, 2.75) is 66.2 Å². The largest absolute Gasteiger partial charge is 0.443 e. The zero-order valence-electron chi connectivity index (χ0n) is 19.8. The number of nitrogens with zero attached hydrogens (tertiary/aromatic N) is 3. The number of fused-ring (bicyclic) bond motifs is 2. The standard InChI is InChI=1S/C25H31N3O4/c1-8-10-17-12-13-19-20(15-17)27(22(29)31-24(2,3)4)16-18-11-9-14-26-21(18)28(19)23(30)32-25(5,6)7/h8-15H,16H2,1-7H3/b10-8+. The van der Waals surface area contributed by atoms with E-state index in [4.69, 9.17) is 9.47 Å². The second kappa shape index (κ2) is 8.65. The molecular weight excluding hydrogens is 406 g/mol. The van der Waals surface area contributed by atoms with E-state index in [1.54, 1.807) is 23.2 Å². The van der Waals surface area contributed by atoms with Crippen molar-refractivity contribution in [3.05, 3.63) is 53.7 Å². The average Bonchev–Trinajstić information content (AvgIpc) is 2.80. The van der Waals surface area contributed by atoms with Crippen LogP contribution in [0.5, 0.6) is 0 Å². The van der Waals surface area contributed by atoms with Gasteiger partial charge in [-0.25, -0.2) is 19.5 Å². The number of benzene rings is 1. The zero-order valence-corrected chi connectivity index (χ0v) is 19.8. The van der Waals surface area contributed by atoms with E-state index in [0.717, 1.165) is 5.56 Å². The molecule has 0 atom stereocenters. The Morgan fingerprint density at radius 1 is 0.969 bits per heavy atom. The van der Waals surface area contributed by atoms with Gasteiger partial charge in [0.2, 0.25) is 0 Å². The molecular formula is C25H31N3O4. The first-order valence-corrected chi connectivity index (χ1v) is 10.6. The van der Waals surface area contributed by atoms with Crippen LogP contribution < -0.4 is 9.80 Å². The predicted molar refractivity (Wildman–Crippen MR) is 126 cm³/mol. The first kappa shape index (κ1) is 23.3. The van der Waals surface area contributed by atoms with Crippen molar-refractivity contribution in [2.24, 2.45) is 0 Å². The number of pyridine rings is 1. The second-order valence-corrected chi connectivity index (χ2v) is 9.62. The normalized spacial score (nSPS) is 14.0. The van der Waals surface area contributed by atoms with Crippen LogP contribution in [0.1, 0.15) is 59.6 Å². The molecule has 2 heterocycles. The summed E-state index contributed by atoms with van der Waals surface area (Å²) in [5, 5.41) is 0. The number of allylic oxidation sites excluding steroid dienone is 1. The van der Waals surface area contributed by atoms with Crippen molar-refractivity contribution in [1.29, 1.82) is 0 Å². The van der Waals surface area contributed by atoms with E-state index in [9.17, 15) is 9.59 Å². The van der Waals surface area contributed by atoms with Crippen LogP contribution in [0.2, 0.25) is 0 Å². The predicted octanol–water partition coefficient (Wildman–Crippen LogP) is 6.44. The van der Waals surface area contributed by atoms with Crippen molar-refractivity contribution in [3.8, 4) is 0 Å². The van der Waals surface area contributed by atoms with E-state index in [1.165, 1.54) is 4.90 Å². The second-order valence-electron chi connectivity index (χ2n) is 9.62. The Hall–Kier alpha value is -3.35. The molecule has 2 amide bonds. The zero-order chi connectivity index (χ0) is 23.7. The topological polar surface area (TPSA) is 72.0 Å². The Kier molecular flexibility index (Phi) is 6.30. The summed E-state index contributed by atoms with van der Waals surface area (Å²) >= 11 is 0. The summed E-state index contributed by atoms with van der Waals surface area (Å²) in [5.74, 6) is 0.424. The number of carbonyl (C=O) groups is 2. The van der Waals surface area contributed by atoms with Gasteiger partial charge in [0.1, 0.15) is 17.0 Å². The number of hydrogen-bond donors (Lipinski definition) is 0. The smallest absolute Gasteiger partial charge is 0.420 e. The van der Waals surface area contributed by atoms with Crippen molar-refractivity contribution in [1.82, 2.24) is 4.98 Å². The van der Waals surface area contributed by atoms with Gasteiger partial charge in [0.15, 0.2) is 0 Å². The average molecular weight is 438 g/mol. The summed E-state index contributed by atoms with van der Waals surface area (Å²) in [6.07, 6.45) is 4.40. The third-order valence-electron chi connectivity index (χ3n) is 4.49. The minimum atomic E-state index is -0.700. The molecule has 32 heavy (non-hydrogen) atoms. The molecule has 0 saturated heterocycles. The van der Waals surface area contributed by atoms with Gasteiger partial charge >= 0.3 is 12.2 Å². The maximum absolute atomic E-state index is 13.3. The summed E-state index contributed by atoms with van der Waals surface area (Å²) in [6, 6.07) is 9.17. The Bertz CT molecular complexity index is 1050. The van der Waals surface area contributed by atoms with E-state index < -0.39 is 23.4 Å². The first-order valence-electron chi connectivity index (χ1n) is 10.6. The number of hydrogen-bond acceptors (Lipinski definition) is 5. The van der Waals surface area contributed by atoms with Gasteiger partial charge in [-0.05, 0) is 72.2 Å². The quantitative estimate of drug-likeness (QED) is 0.513. The summed E-state index contributed by atoms with van der Waals surface area (Å²) in [6.45, 7) is 13.0. The number of carbonyl (C=O) groups excluding carboxylic acids is 2. The van der Waals surface area contributed by atoms with Crippen LogP contribution in [0.15, 0.2) is 42.6 Å². The van der Waals surface area contributed by atoms with Crippen molar-refractivity contribution in [2.75, 3.05) is 9.80 Å². The number of rotatable bonds is 1. The lowest BCUT2D eigenvalue weighted by molar-refractivity contribution is 0.0571. The number of ether oxygens (including phenoxy) is 2. The number of amides is 2. The van der Waals surface area contributed by atoms with Gasteiger partial charge in [0.05, 0.1) is 17.9 Å². The van der Waals surface area contributed by atoms with E-state index in [1.807, 2.05) is 78.8 Å². The fourth-order valence-corrected chi connectivity index (χ4v) is 3.34. The number of aromatic nitrogens is 1. The highest BCUT2D eigenvalue weighted by Gasteiger charge is 2.36. The summed E-state index contributed by atoms with van der Waals surface area (Å²) in [7, 11) is 0. The Balaban J connectivity index is 2.23. The van der Waals surface area contributed by atoms with Crippen LogP contribution >= 0.6 is 0 Å². The minimum Gasteiger partial charge on any atom is -0.443 e. The van der Waals surface area contributed by atoms with Gasteiger partial charge in [-0.1, -0.05) is 24.3 Å². The van der Waals surface area contributed by atoms with E-state index >= 15 is 0 Å². The van der Waals surface area contributed by atoms with Crippen LogP contribution in [0.3, 0.4) is 0 Å². The summed E-state index contributed by atoms with van der Waals surface area (Å²) < 4.78 is 11.4. The van der Waals surface area contributed by atoms with Crippen LogP contribution in [0.4, 0.5) is 26.8 Å². The van der Waals surface area contributed by atoms with Gasteiger partial charge < -0.3 is 9.47 Å². The van der Waals surface area contributed by atoms with Crippen molar-refractivity contribution < 1.29 is 19.1 Å². The molecule has 7 nitrogen and oxygen atoms in total. The lowest BCUT2D eigenvalue weighted by atomic mass is 10.1. The van der Waals surface area contributed by atoms with E-state index in [0.29, 0.717) is 22.8 Å². The third kappa shape index (κ3) is 5.28. The number of anilines is 3. The molecule has 1 aliphatic rings. The van der Waals surface area contributed by atoms with Gasteiger partial charge in [-0.3, -0.25) is 4.90 Å². The molecule has 0 unspecified atom stereocenters. The van der Waals surface area contributed by atoms with Crippen molar-refractivity contribution in [3.63, 3.8) is 0 Å². The van der Waals surface area contributed by atoms with E-state index in [-0.39, 0.29) is 6.54 Å². The molecule has 7 heteroatoms. The summed E-state index contributed by atoms with van der Waals surface area (Å²) in [4.78, 5) is 34.0. The Morgan fingerprint density at radius 3 is 2.25 bits per heavy atom. The molecule has 170 valence electrons. The van der Waals surface area contributed by atoms with Crippen LogP contribution in [-0.4, -0.2) is 28.4 Å². The maximum atomic E-state index is 13.3. The molecule has 1 aromatic carbocycles. The highest BCUT2D eigenvalue weighted by atomic mass is 16.6. The lowest BCUT2D eigenvalue weighted by Crippen LogP contribution is -2.36. The van der Waals surface area contributed by atoms with Crippen LogP contribution in [-0.2, 0) is 16.0 Å². The highest BCUT2D eigenvalue weighted by Crippen LogP contribution is 2.42. The lowest BCUT2D eigenvalue weighted by Gasteiger charge is -2.29. The molecule has 0 spiro atoms. The Morgan fingerprint density at radius 2 is 1.62 bits per heavy atom. The molecule has 0 N–H and O–H groups in total. The van der Waals surface area contributed by atoms with Gasteiger partial charge in [0, 0.05) is 11.8 Å². The third-order valence-corrected chi connectivity index (χ3v) is 4.49. The molecule has 0 saturated carbocycles. The molecule has 0 aliphatic carbocycles. The molecule has 0 bridgehead atoms.